The van der Waals surface area contributed by atoms with Crippen LogP contribution in [0.5, 0.6) is 0 Å². The molecule has 2 fully saturated rings. The Kier molecular flexibility index (Phi) is 4.73. The van der Waals surface area contributed by atoms with Crippen molar-refractivity contribution in [1.82, 2.24) is 15.5 Å². The average molecular weight is 301 g/mol. The van der Waals surface area contributed by atoms with E-state index in [9.17, 15) is 9.59 Å². The monoisotopic (exact) mass is 301 g/mol. The Morgan fingerprint density at radius 3 is 2.64 bits per heavy atom. The number of rotatable bonds is 5. The largest absolute Gasteiger partial charge is 0.350 e. The molecule has 3 rings (SSSR count). The van der Waals surface area contributed by atoms with E-state index in [4.69, 9.17) is 0 Å². The minimum Gasteiger partial charge on any atom is -0.350 e. The summed E-state index contributed by atoms with van der Waals surface area (Å²) in [5, 5.41) is 5.66. The van der Waals surface area contributed by atoms with Gasteiger partial charge in [0.25, 0.3) is 0 Å². The Balaban J connectivity index is 1.57. The number of carbonyl (C=O) groups excluding carboxylic acids is 2. The third kappa shape index (κ3) is 3.65. The molecule has 1 atom stereocenters. The van der Waals surface area contributed by atoms with E-state index in [1.807, 2.05) is 12.1 Å². The van der Waals surface area contributed by atoms with Gasteiger partial charge in [0, 0.05) is 19.5 Å². The van der Waals surface area contributed by atoms with Crippen molar-refractivity contribution in [2.75, 3.05) is 13.1 Å². The molecule has 118 valence electrons. The van der Waals surface area contributed by atoms with Crippen molar-refractivity contribution in [3.05, 3.63) is 35.4 Å². The lowest BCUT2D eigenvalue weighted by atomic mass is 10.1. The molecule has 2 amide bonds. The summed E-state index contributed by atoms with van der Waals surface area (Å²) in [5.41, 5.74) is 2.44. The second-order valence-electron chi connectivity index (χ2n) is 6.13. The van der Waals surface area contributed by atoms with Crippen molar-refractivity contribution in [1.29, 1.82) is 0 Å². The molecule has 0 bridgehead atoms. The van der Waals surface area contributed by atoms with E-state index >= 15 is 0 Å². The summed E-state index contributed by atoms with van der Waals surface area (Å²) in [4.78, 5) is 25.7. The third-order valence-corrected chi connectivity index (χ3v) is 4.48. The van der Waals surface area contributed by atoms with Crippen LogP contribution in [-0.2, 0) is 22.7 Å². The van der Waals surface area contributed by atoms with E-state index in [2.05, 4.69) is 27.7 Å². The summed E-state index contributed by atoms with van der Waals surface area (Å²) >= 11 is 0. The molecule has 0 aliphatic carbocycles. The lowest BCUT2D eigenvalue weighted by molar-refractivity contribution is -0.125. The standard InChI is InChI=1S/C17H23N3O2/c21-16-8-7-15(19-16)17(22)18-11-13-5-1-2-6-14(13)12-20-9-3-4-10-20/h1-2,5-6,15H,3-4,7-12H2,(H,18,22)(H,19,21)/t15-/m1/s1. The normalized spacial score (nSPS) is 21.8. The Hall–Kier alpha value is -1.88. The van der Waals surface area contributed by atoms with Gasteiger partial charge < -0.3 is 10.6 Å². The van der Waals surface area contributed by atoms with Crippen LogP contribution in [-0.4, -0.2) is 35.8 Å². The summed E-state index contributed by atoms with van der Waals surface area (Å²) in [6.45, 7) is 3.80. The maximum absolute atomic E-state index is 12.1. The second kappa shape index (κ2) is 6.92. The van der Waals surface area contributed by atoms with Crippen LogP contribution in [0.25, 0.3) is 0 Å². The highest BCUT2D eigenvalue weighted by molar-refractivity contribution is 5.90. The topological polar surface area (TPSA) is 61.4 Å². The van der Waals surface area contributed by atoms with Gasteiger partial charge in [-0.3, -0.25) is 14.5 Å². The first-order chi connectivity index (χ1) is 10.7. The highest BCUT2D eigenvalue weighted by Gasteiger charge is 2.26. The fourth-order valence-corrected chi connectivity index (χ4v) is 3.18. The first kappa shape index (κ1) is 15.0. The van der Waals surface area contributed by atoms with Gasteiger partial charge in [0.2, 0.25) is 11.8 Å². The van der Waals surface area contributed by atoms with Gasteiger partial charge in [-0.2, -0.15) is 0 Å². The van der Waals surface area contributed by atoms with Gasteiger partial charge in [0.05, 0.1) is 0 Å². The first-order valence-corrected chi connectivity index (χ1v) is 8.08. The predicted molar refractivity (Wildman–Crippen MR) is 84.0 cm³/mol. The van der Waals surface area contributed by atoms with Crippen LogP contribution in [0.2, 0.25) is 0 Å². The number of hydrogen-bond donors (Lipinski definition) is 2. The highest BCUT2D eigenvalue weighted by atomic mass is 16.2. The van der Waals surface area contributed by atoms with Crippen molar-refractivity contribution in [3.8, 4) is 0 Å². The fourth-order valence-electron chi connectivity index (χ4n) is 3.18. The molecule has 2 N–H and O–H groups in total. The van der Waals surface area contributed by atoms with Crippen molar-refractivity contribution in [3.63, 3.8) is 0 Å². The van der Waals surface area contributed by atoms with Crippen LogP contribution in [0, 0.1) is 0 Å². The molecule has 0 saturated carbocycles. The van der Waals surface area contributed by atoms with E-state index in [1.54, 1.807) is 0 Å². The molecule has 0 aromatic heterocycles. The number of likely N-dealkylation sites (tertiary alicyclic amines) is 1. The van der Waals surface area contributed by atoms with Crippen LogP contribution in [0.4, 0.5) is 0 Å². The van der Waals surface area contributed by atoms with Crippen LogP contribution >= 0.6 is 0 Å². The van der Waals surface area contributed by atoms with E-state index in [-0.39, 0.29) is 17.9 Å². The maximum atomic E-state index is 12.1. The van der Waals surface area contributed by atoms with E-state index in [0.717, 1.165) is 25.2 Å². The molecule has 2 aliphatic rings. The van der Waals surface area contributed by atoms with Crippen LogP contribution in [0.1, 0.15) is 36.8 Å². The Morgan fingerprint density at radius 1 is 1.23 bits per heavy atom. The van der Waals surface area contributed by atoms with Gasteiger partial charge in [0.1, 0.15) is 6.04 Å². The molecule has 1 aromatic rings. The zero-order chi connectivity index (χ0) is 15.4. The van der Waals surface area contributed by atoms with E-state index < -0.39 is 0 Å². The number of benzene rings is 1. The van der Waals surface area contributed by atoms with Gasteiger partial charge >= 0.3 is 0 Å². The predicted octanol–water partition coefficient (Wildman–Crippen LogP) is 1.18. The molecular weight excluding hydrogens is 278 g/mol. The molecule has 5 heteroatoms. The molecular formula is C17H23N3O2. The number of carbonyl (C=O) groups is 2. The Labute approximate surface area is 131 Å². The highest BCUT2D eigenvalue weighted by Crippen LogP contribution is 2.16. The molecule has 22 heavy (non-hydrogen) atoms. The van der Waals surface area contributed by atoms with Crippen molar-refractivity contribution in [2.24, 2.45) is 0 Å². The quantitative estimate of drug-likeness (QED) is 0.858. The molecule has 1 aromatic carbocycles. The molecule has 0 radical (unpaired) electrons. The molecule has 0 spiro atoms. The van der Waals surface area contributed by atoms with Crippen LogP contribution < -0.4 is 10.6 Å². The molecule has 0 unspecified atom stereocenters. The van der Waals surface area contributed by atoms with Crippen molar-refractivity contribution >= 4 is 11.8 Å². The number of nitrogens with one attached hydrogen (secondary N) is 2. The summed E-state index contributed by atoms with van der Waals surface area (Å²) in [7, 11) is 0. The summed E-state index contributed by atoms with van der Waals surface area (Å²) in [6.07, 6.45) is 3.60. The second-order valence-corrected chi connectivity index (χ2v) is 6.13. The van der Waals surface area contributed by atoms with Gasteiger partial charge in [-0.05, 0) is 43.5 Å². The van der Waals surface area contributed by atoms with Crippen LogP contribution in [0.3, 0.4) is 0 Å². The Bertz CT molecular complexity index is 553. The average Bonchev–Trinajstić information content (AvgIpc) is 3.18. The van der Waals surface area contributed by atoms with Gasteiger partial charge in [-0.15, -0.1) is 0 Å². The minimum atomic E-state index is -0.363. The van der Waals surface area contributed by atoms with Crippen molar-refractivity contribution < 1.29 is 9.59 Å². The van der Waals surface area contributed by atoms with E-state index in [1.165, 1.54) is 18.4 Å². The third-order valence-electron chi connectivity index (χ3n) is 4.48. The Morgan fingerprint density at radius 2 is 1.95 bits per heavy atom. The molecule has 2 heterocycles. The summed E-state index contributed by atoms with van der Waals surface area (Å²) in [6, 6.07) is 7.90. The van der Waals surface area contributed by atoms with E-state index in [0.29, 0.717) is 19.4 Å². The first-order valence-electron chi connectivity index (χ1n) is 8.08. The van der Waals surface area contributed by atoms with Gasteiger partial charge in [-0.25, -0.2) is 0 Å². The zero-order valence-electron chi connectivity index (χ0n) is 12.8. The molecule has 5 nitrogen and oxygen atoms in total. The summed E-state index contributed by atoms with van der Waals surface area (Å²) < 4.78 is 0. The number of amides is 2. The smallest absolute Gasteiger partial charge is 0.242 e. The molecule has 2 saturated heterocycles. The zero-order valence-corrected chi connectivity index (χ0v) is 12.8. The summed E-state index contributed by atoms with van der Waals surface area (Å²) in [5.74, 6) is -0.114. The fraction of sp³-hybridized carbons (Fsp3) is 0.529. The van der Waals surface area contributed by atoms with Gasteiger partial charge in [0.15, 0.2) is 0 Å². The SMILES string of the molecule is O=C1CC[C@H](C(=O)NCc2ccccc2CN2CCCC2)N1. The van der Waals surface area contributed by atoms with Crippen LogP contribution in [0.15, 0.2) is 24.3 Å². The lowest BCUT2D eigenvalue weighted by Crippen LogP contribution is -2.41. The van der Waals surface area contributed by atoms with Crippen molar-refractivity contribution in [2.45, 2.75) is 44.8 Å². The molecule has 2 aliphatic heterocycles. The lowest BCUT2D eigenvalue weighted by Gasteiger charge is -2.18. The van der Waals surface area contributed by atoms with Gasteiger partial charge in [-0.1, -0.05) is 24.3 Å². The number of nitrogens with zero attached hydrogens (tertiary/aromatic N) is 1. The maximum Gasteiger partial charge on any atom is 0.242 e. The number of hydrogen-bond acceptors (Lipinski definition) is 3. The minimum absolute atomic E-state index is 0.0328.